The van der Waals surface area contributed by atoms with Gasteiger partial charge in [-0.25, -0.2) is 14.4 Å². The van der Waals surface area contributed by atoms with Crippen LogP contribution in [0.4, 0.5) is 4.39 Å². The van der Waals surface area contributed by atoms with Crippen molar-refractivity contribution >= 4 is 30.7 Å². The predicted octanol–water partition coefficient (Wildman–Crippen LogP) is 1.50. The van der Waals surface area contributed by atoms with Crippen molar-refractivity contribution in [2.45, 2.75) is 18.7 Å². The molecule has 1 aliphatic heterocycles. The van der Waals surface area contributed by atoms with E-state index in [0.29, 0.717) is 24.2 Å². The summed E-state index contributed by atoms with van der Waals surface area (Å²) in [6.45, 7) is 0.881. The lowest BCUT2D eigenvalue weighted by Gasteiger charge is -2.27. The highest BCUT2D eigenvalue weighted by molar-refractivity contribution is 5.96. The first-order chi connectivity index (χ1) is 11.0. The van der Waals surface area contributed by atoms with Gasteiger partial charge in [-0.3, -0.25) is 4.79 Å². The minimum Gasteiger partial charge on any atom is -0.471 e. The Balaban J connectivity index is 0.00000156. The van der Waals surface area contributed by atoms with Crippen LogP contribution in [0.25, 0.3) is 11.3 Å². The third kappa shape index (κ3) is 4.81. The smallest absolute Gasteiger partial charge is 0.254 e. The maximum absolute atomic E-state index is 13.9. The number of halogens is 3. The van der Waals surface area contributed by atoms with E-state index in [1.165, 1.54) is 0 Å². The highest BCUT2D eigenvalue weighted by Crippen LogP contribution is 2.25. The van der Waals surface area contributed by atoms with E-state index in [9.17, 15) is 9.18 Å². The van der Waals surface area contributed by atoms with Crippen molar-refractivity contribution in [2.75, 3.05) is 13.1 Å². The number of nitrogens with one attached hydrogen (secondary N) is 1. The van der Waals surface area contributed by atoms with Crippen molar-refractivity contribution in [3.05, 3.63) is 30.4 Å². The number of carbonyl (C=O) groups excluding carboxylic acids is 1. The SMILES string of the molecule is Cl.Cl.Cn1cnc(-c2cnc(O[C@H]3CCNC[C@H]3F)c(C(N)=O)c2)c1. The summed E-state index contributed by atoms with van der Waals surface area (Å²) in [6.07, 6.45) is 3.70. The molecule has 3 heterocycles. The molecule has 138 valence electrons. The molecule has 1 amide bonds. The molecule has 7 nitrogen and oxygen atoms in total. The number of alkyl halides is 1. The largest absolute Gasteiger partial charge is 0.471 e. The molecule has 25 heavy (non-hydrogen) atoms. The molecule has 3 N–H and O–H groups in total. The van der Waals surface area contributed by atoms with Crippen LogP contribution in [0.1, 0.15) is 16.8 Å². The molecule has 1 aliphatic rings. The van der Waals surface area contributed by atoms with Gasteiger partial charge in [0.2, 0.25) is 5.88 Å². The van der Waals surface area contributed by atoms with Crippen LogP contribution in [0, 0.1) is 0 Å². The average molecular weight is 392 g/mol. The van der Waals surface area contributed by atoms with Gasteiger partial charge in [-0.15, -0.1) is 24.8 Å². The van der Waals surface area contributed by atoms with Crippen LogP contribution in [-0.4, -0.2) is 45.8 Å². The van der Waals surface area contributed by atoms with Crippen LogP contribution in [0.5, 0.6) is 5.88 Å². The number of hydrogen-bond donors (Lipinski definition) is 2. The molecule has 0 spiro atoms. The monoisotopic (exact) mass is 391 g/mol. The second kappa shape index (κ2) is 8.98. The molecular formula is C15H20Cl2FN5O2. The summed E-state index contributed by atoms with van der Waals surface area (Å²) in [7, 11) is 1.84. The topological polar surface area (TPSA) is 95.1 Å². The summed E-state index contributed by atoms with van der Waals surface area (Å²) in [5.41, 5.74) is 6.85. The summed E-state index contributed by atoms with van der Waals surface area (Å²) in [5.74, 6) is -0.610. The van der Waals surface area contributed by atoms with Crippen molar-refractivity contribution in [3.8, 4) is 17.1 Å². The van der Waals surface area contributed by atoms with Gasteiger partial charge in [0, 0.05) is 31.5 Å². The van der Waals surface area contributed by atoms with Gasteiger partial charge < -0.3 is 20.4 Å². The Hall–Kier alpha value is -1.90. The molecular weight excluding hydrogens is 372 g/mol. The Morgan fingerprint density at radius 1 is 1.44 bits per heavy atom. The first-order valence-corrected chi connectivity index (χ1v) is 7.34. The van der Waals surface area contributed by atoms with Crippen LogP contribution >= 0.6 is 24.8 Å². The number of nitrogens with zero attached hydrogens (tertiary/aromatic N) is 3. The van der Waals surface area contributed by atoms with Gasteiger partial charge in [0.25, 0.3) is 5.91 Å². The van der Waals surface area contributed by atoms with Gasteiger partial charge in [0.05, 0.1) is 12.0 Å². The van der Waals surface area contributed by atoms with Gasteiger partial charge in [0.15, 0.2) is 0 Å². The average Bonchev–Trinajstić information content (AvgIpc) is 2.96. The summed E-state index contributed by atoms with van der Waals surface area (Å²) in [6, 6.07) is 1.57. The molecule has 0 bridgehead atoms. The zero-order valence-corrected chi connectivity index (χ0v) is 15.1. The van der Waals surface area contributed by atoms with Gasteiger partial charge in [-0.1, -0.05) is 0 Å². The van der Waals surface area contributed by atoms with E-state index in [2.05, 4.69) is 15.3 Å². The zero-order chi connectivity index (χ0) is 16.4. The van der Waals surface area contributed by atoms with E-state index in [-0.39, 0.29) is 42.8 Å². The Bertz CT molecular complexity index is 728. The summed E-state index contributed by atoms with van der Waals surface area (Å²) in [4.78, 5) is 20.1. The second-order valence-corrected chi connectivity index (χ2v) is 5.53. The van der Waals surface area contributed by atoms with Crippen molar-refractivity contribution < 1.29 is 13.9 Å². The molecule has 1 fully saturated rings. The number of rotatable bonds is 4. The van der Waals surface area contributed by atoms with E-state index >= 15 is 0 Å². The Labute approximate surface area is 157 Å². The fourth-order valence-electron chi connectivity index (χ4n) is 2.50. The van der Waals surface area contributed by atoms with Crippen LogP contribution in [0.15, 0.2) is 24.8 Å². The maximum Gasteiger partial charge on any atom is 0.254 e. The number of amides is 1. The van der Waals surface area contributed by atoms with Crippen molar-refractivity contribution in [1.29, 1.82) is 0 Å². The number of nitrogens with two attached hydrogens (primary N) is 1. The number of imidazole rings is 1. The molecule has 2 aromatic heterocycles. The van der Waals surface area contributed by atoms with E-state index in [1.54, 1.807) is 29.4 Å². The lowest BCUT2D eigenvalue weighted by Crippen LogP contribution is -2.44. The zero-order valence-electron chi connectivity index (χ0n) is 13.5. The predicted molar refractivity (Wildman–Crippen MR) is 96.3 cm³/mol. The lowest BCUT2D eigenvalue weighted by molar-refractivity contribution is 0.0676. The third-order valence-electron chi connectivity index (χ3n) is 3.73. The van der Waals surface area contributed by atoms with E-state index in [4.69, 9.17) is 10.5 Å². The first-order valence-electron chi connectivity index (χ1n) is 7.34. The fourth-order valence-corrected chi connectivity index (χ4v) is 2.50. The van der Waals surface area contributed by atoms with E-state index in [1.807, 2.05) is 7.05 Å². The molecule has 2 atom stereocenters. The number of aromatic nitrogens is 3. The van der Waals surface area contributed by atoms with Crippen molar-refractivity contribution in [2.24, 2.45) is 12.8 Å². The van der Waals surface area contributed by atoms with E-state index < -0.39 is 18.2 Å². The molecule has 0 aromatic carbocycles. The minimum absolute atomic E-state index is 0. The van der Waals surface area contributed by atoms with E-state index in [0.717, 1.165) is 0 Å². The number of primary amides is 1. The molecule has 10 heteroatoms. The summed E-state index contributed by atoms with van der Waals surface area (Å²) >= 11 is 0. The normalized spacial score (nSPS) is 19.4. The van der Waals surface area contributed by atoms with Gasteiger partial charge >= 0.3 is 0 Å². The number of carbonyl (C=O) groups is 1. The molecule has 3 rings (SSSR count). The van der Waals surface area contributed by atoms with Crippen molar-refractivity contribution in [3.63, 3.8) is 0 Å². The molecule has 0 unspecified atom stereocenters. The van der Waals surface area contributed by atoms with Crippen molar-refractivity contribution in [1.82, 2.24) is 19.9 Å². The molecule has 0 saturated carbocycles. The first kappa shape index (κ1) is 21.1. The molecule has 0 aliphatic carbocycles. The van der Waals surface area contributed by atoms with Gasteiger partial charge in [-0.05, 0) is 19.0 Å². The number of hydrogen-bond acceptors (Lipinski definition) is 5. The highest BCUT2D eigenvalue weighted by atomic mass is 35.5. The Kier molecular flexibility index (Phi) is 7.60. The fraction of sp³-hybridized carbons (Fsp3) is 0.400. The number of pyridine rings is 1. The Morgan fingerprint density at radius 2 is 2.20 bits per heavy atom. The summed E-state index contributed by atoms with van der Waals surface area (Å²) in [5, 5.41) is 2.94. The van der Waals surface area contributed by atoms with Crippen LogP contribution in [0.2, 0.25) is 0 Å². The third-order valence-corrected chi connectivity index (χ3v) is 3.73. The van der Waals surface area contributed by atoms with Crippen LogP contribution in [0.3, 0.4) is 0 Å². The second-order valence-electron chi connectivity index (χ2n) is 5.53. The summed E-state index contributed by atoms with van der Waals surface area (Å²) < 4.78 is 21.3. The van der Waals surface area contributed by atoms with Crippen LogP contribution < -0.4 is 15.8 Å². The Morgan fingerprint density at radius 3 is 2.80 bits per heavy atom. The molecule has 2 aromatic rings. The number of ether oxygens (including phenoxy) is 1. The molecule has 0 radical (unpaired) electrons. The maximum atomic E-state index is 13.9. The standard InChI is InChI=1S/C15H18FN5O2.2ClH/c1-21-7-12(20-8-21)9-4-10(14(17)22)15(19-5-9)23-13-2-3-18-6-11(13)16;;/h4-5,7-8,11,13,18H,2-3,6H2,1H3,(H2,17,22);2*1H/t11-,13+;;/m1../s1. The number of aryl methyl sites for hydroxylation is 1. The molecule has 1 saturated heterocycles. The quantitative estimate of drug-likeness (QED) is 0.823. The van der Waals surface area contributed by atoms with Gasteiger partial charge in [0.1, 0.15) is 17.8 Å². The van der Waals surface area contributed by atoms with Gasteiger partial charge in [-0.2, -0.15) is 0 Å². The lowest BCUT2D eigenvalue weighted by atomic mass is 10.1. The number of piperidine rings is 1. The van der Waals surface area contributed by atoms with Crippen LogP contribution in [-0.2, 0) is 7.05 Å². The highest BCUT2D eigenvalue weighted by Gasteiger charge is 2.28. The minimum atomic E-state index is -1.15.